The Hall–Kier alpha value is -2.30. The molecule has 0 aliphatic carbocycles. The fourth-order valence-electron chi connectivity index (χ4n) is 1.19. The molecule has 96 valence electrons. The first-order valence-corrected chi connectivity index (χ1v) is 5.56. The van der Waals surface area contributed by atoms with Gasteiger partial charge in [-0.15, -0.1) is 0 Å². The number of amides is 1. The Bertz CT molecular complexity index is 437. The zero-order valence-corrected chi connectivity index (χ0v) is 10.1. The van der Waals surface area contributed by atoms with E-state index in [1.54, 1.807) is 24.3 Å². The molecule has 2 N–H and O–H groups in total. The molecule has 1 amide bonds. The summed E-state index contributed by atoms with van der Waals surface area (Å²) in [4.78, 5) is 21.5. The quantitative estimate of drug-likeness (QED) is 0.756. The maximum absolute atomic E-state index is 11.3. The lowest BCUT2D eigenvalue weighted by molar-refractivity contribution is -0.131. The number of anilines is 1. The molecule has 0 saturated carbocycles. The van der Waals surface area contributed by atoms with Crippen LogP contribution in [0.5, 0.6) is 5.75 Å². The number of hydrogen-bond acceptors (Lipinski definition) is 3. The van der Waals surface area contributed by atoms with Crippen molar-refractivity contribution in [2.24, 2.45) is 0 Å². The molecule has 0 aliphatic rings. The fraction of sp³-hybridized carbons (Fsp3) is 0.231. The van der Waals surface area contributed by atoms with E-state index in [4.69, 9.17) is 9.84 Å². The van der Waals surface area contributed by atoms with Gasteiger partial charge in [-0.25, -0.2) is 4.79 Å². The van der Waals surface area contributed by atoms with Crippen LogP contribution in [0.2, 0.25) is 0 Å². The number of carboxylic acids is 1. The Balaban J connectivity index is 2.53. The van der Waals surface area contributed by atoms with Crippen molar-refractivity contribution in [3.05, 3.63) is 36.4 Å². The van der Waals surface area contributed by atoms with Crippen molar-refractivity contribution in [3.63, 3.8) is 0 Å². The van der Waals surface area contributed by atoms with E-state index >= 15 is 0 Å². The molecule has 0 bridgehead atoms. The number of benzene rings is 1. The van der Waals surface area contributed by atoms with Gasteiger partial charge in [0.15, 0.2) is 0 Å². The van der Waals surface area contributed by atoms with Gasteiger partial charge < -0.3 is 15.2 Å². The summed E-state index contributed by atoms with van der Waals surface area (Å²) >= 11 is 0. The molecule has 0 aliphatic heterocycles. The van der Waals surface area contributed by atoms with E-state index in [0.717, 1.165) is 24.3 Å². The van der Waals surface area contributed by atoms with Crippen LogP contribution in [0.15, 0.2) is 36.4 Å². The lowest BCUT2D eigenvalue weighted by atomic mass is 10.3. The van der Waals surface area contributed by atoms with Crippen molar-refractivity contribution in [3.8, 4) is 5.75 Å². The van der Waals surface area contributed by atoms with Gasteiger partial charge in [0.2, 0.25) is 5.91 Å². The minimum absolute atomic E-state index is 0.486. The van der Waals surface area contributed by atoms with Crippen LogP contribution in [-0.4, -0.2) is 23.6 Å². The molecule has 0 radical (unpaired) electrons. The zero-order chi connectivity index (χ0) is 13.4. The van der Waals surface area contributed by atoms with Gasteiger partial charge in [0.05, 0.1) is 6.61 Å². The van der Waals surface area contributed by atoms with Crippen LogP contribution < -0.4 is 10.1 Å². The molecule has 0 atom stereocenters. The molecule has 0 heterocycles. The number of carbonyl (C=O) groups excluding carboxylic acids is 1. The van der Waals surface area contributed by atoms with Gasteiger partial charge in [-0.2, -0.15) is 0 Å². The van der Waals surface area contributed by atoms with E-state index in [0.29, 0.717) is 12.3 Å². The van der Waals surface area contributed by atoms with Gasteiger partial charge in [0, 0.05) is 17.8 Å². The summed E-state index contributed by atoms with van der Waals surface area (Å²) in [5.41, 5.74) is 0.582. The van der Waals surface area contributed by atoms with Crippen molar-refractivity contribution in [2.75, 3.05) is 11.9 Å². The molecule has 0 aromatic heterocycles. The Morgan fingerprint density at radius 3 is 2.50 bits per heavy atom. The smallest absolute Gasteiger partial charge is 0.328 e. The second-order valence-electron chi connectivity index (χ2n) is 3.53. The first kappa shape index (κ1) is 13.8. The zero-order valence-electron chi connectivity index (χ0n) is 10.1. The summed E-state index contributed by atoms with van der Waals surface area (Å²) in [6, 6.07) is 6.87. The largest absolute Gasteiger partial charge is 0.494 e. The maximum atomic E-state index is 11.3. The SMILES string of the molecule is CCCOc1ccc(NC(=O)/C=C/C(=O)O)cc1. The van der Waals surface area contributed by atoms with Crippen molar-refractivity contribution in [1.82, 2.24) is 0 Å². The average Bonchev–Trinajstić information content (AvgIpc) is 2.35. The third-order valence-electron chi connectivity index (χ3n) is 1.97. The average molecular weight is 249 g/mol. The third kappa shape index (κ3) is 5.16. The van der Waals surface area contributed by atoms with E-state index < -0.39 is 11.9 Å². The Morgan fingerprint density at radius 2 is 1.94 bits per heavy atom. The highest BCUT2D eigenvalue weighted by Gasteiger charge is 1.99. The van der Waals surface area contributed by atoms with Crippen molar-refractivity contribution in [2.45, 2.75) is 13.3 Å². The molecule has 0 spiro atoms. The van der Waals surface area contributed by atoms with Gasteiger partial charge in [-0.3, -0.25) is 4.79 Å². The number of nitrogens with one attached hydrogen (secondary N) is 1. The molecule has 5 nitrogen and oxygen atoms in total. The number of ether oxygens (including phenoxy) is 1. The maximum Gasteiger partial charge on any atom is 0.328 e. The molecule has 5 heteroatoms. The van der Waals surface area contributed by atoms with Crippen LogP contribution in [0.25, 0.3) is 0 Å². The molecule has 0 saturated heterocycles. The first-order valence-electron chi connectivity index (χ1n) is 5.56. The number of aliphatic carboxylic acids is 1. The predicted molar refractivity (Wildman–Crippen MR) is 67.6 cm³/mol. The molecule has 0 fully saturated rings. The van der Waals surface area contributed by atoms with Crippen LogP contribution in [0.4, 0.5) is 5.69 Å². The van der Waals surface area contributed by atoms with E-state index in [2.05, 4.69) is 5.32 Å². The second-order valence-corrected chi connectivity index (χ2v) is 3.53. The second kappa shape index (κ2) is 7.11. The fourth-order valence-corrected chi connectivity index (χ4v) is 1.19. The lowest BCUT2D eigenvalue weighted by Crippen LogP contribution is -2.08. The lowest BCUT2D eigenvalue weighted by Gasteiger charge is -2.06. The Kier molecular flexibility index (Phi) is 5.44. The van der Waals surface area contributed by atoms with Gasteiger partial charge in [-0.05, 0) is 30.7 Å². The predicted octanol–water partition coefficient (Wildman–Crippen LogP) is 2.05. The number of rotatable bonds is 6. The van der Waals surface area contributed by atoms with Crippen molar-refractivity contribution in [1.29, 1.82) is 0 Å². The van der Waals surface area contributed by atoms with Crippen LogP contribution in [0, 0.1) is 0 Å². The van der Waals surface area contributed by atoms with Crippen LogP contribution in [-0.2, 0) is 9.59 Å². The minimum atomic E-state index is -1.16. The molecular weight excluding hydrogens is 234 g/mol. The highest BCUT2D eigenvalue weighted by atomic mass is 16.5. The summed E-state index contributed by atoms with van der Waals surface area (Å²) < 4.78 is 5.39. The number of hydrogen-bond donors (Lipinski definition) is 2. The summed E-state index contributed by atoms with van der Waals surface area (Å²) in [6.45, 7) is 2.66. The van der Waals surface area contributed by atoms with E-state index in [1.807, 2.05) is 6.92 Å². The molecule has 1 rings (SSSR count). The Labute approximate surface area is 105 Å². The highest BCUT2D eigenvalue weighted by Crippen LogP contribution is 2.15. The van der Waals surface area contributed by atoms with E-state index in [1.165, 1.54) is 0 Å². The van der Waals surface area contributed by atoms with Crippen molar-refractivity contribution < 1.29 is 19.4 Å². The van der Waals surface area contributed by atoms with Crippen LogP contribution in [0.3, 0.4) is 0 Å². The van der Waals surface area contributed by atoms with Crippen LogP contribution in [0.1, 0.15) is 13.3 Å². The summed E-state index contributed by atoms with van der Waals surface area (Å²) in [5.74, 6) is -0.913. The molecular formula is C13H15NO4. The standard InChI is InChI=1S/C13H15NO4/c1-2-9-18-11-5-3-10(4-6-11)14-12(15)7-8-13(16)17/h3-8H,2,9H2,1H3,(H,14,15)(H,16,17)/b8-7+. The summed E-state index contributed by atoms with van der Waals surface area (Å²) in [5, 5.41) is 10.9. The normalized spacial score (nSPS) is 10.3. The molecule has 18 heavy (non-hydrogen) atoms. The molecule has 0 unspecified atom stereocenters. The minimum Gasteiger partial charge on any atom is -0.494 e. The summed E-state index contributed by atoms with van der Waals surface area (Å²) in [6.07, 6.45) is 2.68. The first-order chi connectivity index (χ1) is 8.61. The van der Waals surface area contributed by atoms with Gasteiger partial charge in [-0.1, -0.05) is 6.92 Å². The third-order valence-corrected chi connectivity index (χ3v) is 1.97. The van der Waals surface area contributed by atoms with Crippen molar-refractivity contribution >= 4 is 17.6 Å². The molecule has 1 aromatic carbocycles. The number of carbonyl (C=O) groups is 2. The van der Waals surface area contributed by atoms with Gasteiger partial charge >= 0.3 is 5.97 Å². The number of carboxylic acid groups (broad SMARTS) is 1. The monoisotopic (exact) mass is 249 g/mol. The van der Waals surface area contributed by atoms with Gasteiger partial charge in [0.1, 0.15) is 5.75 Å². The highest BCUT2D eigenvalue weighted by molar-refractivity contribution is 6.02. The van der Waals surface area contributed by atoms with Crippen LogP contribution >= 0.6 is 0 Å². The van der Waals surface area contributed by atoms with Gasteiger partial charge in [0.25, 0.3) is 0 Å². The Morgan fingerprint density at radius 1 is 1.28 bits per heavy atom. The summed E-state index contributed by atoms with van der Waals surface area (Å²) in [7, 11) is 0. The van der Waals surface area contributed by atoms with E-state index in [9.17, 15) is 9.59 Å². The molecule has 1 aromatic rings. The van der Waals surface area contributed by atoms with E-state index in [-0.39, 0.29) is 0 Å². The topological polar surface area (TPSA) is 75.6 Å².